The summed E-state index contributed by atoms with van der Waals surface area (Å²) in [6, 6.07) is 6.75. The van der Waals surface area contributed by atoms with Crippen LogP contribution in [-0.4, -0.2) is 145 Å². The number of ether oxygens (including phenoxy) is 6. The highest BCUT2D eigenvalue weighted by molar-refractivity contribution is 9.09. The summed E-state index contributed by atoms with van der Waals surface area (Å²) in [5.41, 5.74) is 4.77. The van der Waals surface area contributed by atoms with Crippen LogP contribution in [0.3, 0.4) is 0 Å². The summed E-state index contributed by atoms with van der Waals surface area (Å²) in [7, 11) is 4.38. The first kappa shape index (κ1) is 64.2. The lowest BCUT2D eigenvalue weighted by Gasteiger charge is -2.43. The van der Waals surface area contributed by atoms with Gasteiger partial charge in [-0.25, -0.2) is 24.2 Å². The highest BCUT2D eigenvalue weighted by Crippen LogP contribution is 2.54. The number of allylic oxidation sites excluding steroid dienone is 3. The molecule has 454 valence electrons. The van der Waals surface area contributed by atoms with E-state index in [0.717, 1.165) is 11.1 Å². The first-order chi connectivity index (χ1) is 39.9. The zero-order valence-electron chi connectivity index (χ0n) is 47.9. The number of carbonyl (C=O) groups excluding carboxylic acids is 8. The number of carbonyl (C=O) groups is 8. The Morgan fingerprint density at radius 3 is 2.49 bits per heavy atom. The number of nitrogens with two attached hydrogens (primary N) is 1. The minimum Gasteiger partial charge on any atom is -0.495 e. The Morgan fingerprint density at radius 2 is 1.79 bits per heavy atom. The maximum atomic E-state index is 14.5. The van der Waals surface area contributed by atoms with Crippen LogP contribution in [0.15, 0.2) is 72.4 Å². The number of alkyl halides is 1. The number of primary amides is 1. The summed E-state index contributed by atoms with van der Waals surface area (Å²) in [6.45, 7) is 10.9. The molecule has 0 saturated carbocycles. The molecule has 2 fully saturated rings. The van der Waals surface area contributed by atoms with Crippen LogP contribution in [0.1, 0.15) is 96.1 Å². The van der Waals surface area contributed by atoms with Crippen molar-refractivity contribution in [2.45, 2.75) is 139 Å². The van der Waals surface area contributed by atoms with Crippen molar-refractivity contribution in [2.24, 2.45) is 11.7 Å². The molecule has 8 amide bonds. The number of esters is 1. The normalized spacial score (nSPS) is 24.7. The van der Waals surface area contributed by atoms with E-state index < -0.39 is 114 Å². The third kappa shape index (κ3) is 15.7. The minimum atomic E-state index is -2.09. The monoisotopic (exact) mass is 1250 g/mol. The molecule has 9 atom stereocenters. The second-order valence-corrected chi connectivity index (χ2v) is 22.7. The van der Waals surface area contributed by atoms with Gasteiger partial charge >= 0.3 is 24.2 Å². The number of anilines is 3. The predicted octanol–water partition coefficient (Wildman–Crippen LogP) is 6.45. The zero-order valence-corrected chi connectivity index (χ0v) is 50.2. The lowest BCUT2D eigenvalue weighted by molar-refractivity contribution is -0.139. The number of nitrogens with zero attached hydrogens (tertiary/aromatic N) is 2. The average molecular weight is 1250 g/mol. The molecule has 9 N–H and O–H groups in total. The summed E-state index contributed by atoms with van der Waals surface area (Å²) >= 11 is 10.0. The summed E-state index contributed by atoms with van der Waals surface area (Å²) in [6.07, 6.45) is -0.0184. The van der Waals surface area contributed by atoms with Crippen molar-refractivity contribution in [1.29, 1.82) is 0 Å². The van der Waals surface area contributed by atoms with Crippen LogP contribution in [0.25, 0.3) is 10.9 Å². The molecule has 5 heterocycles. The fraction of sp³-hybridized carbons (Fsp3) is 0.500. The number of aromatic nitrogens is 1. The van der Waals surface area contributed by atoms with Gasteiger partial charge in [-0.15, -0.1) is 0 Å². The lowest BCUT2D eigenvalue weighted by atomic mass is 9.78. The molecule has 4 aliphatic heterocycles. The molecule has 0 aliphatic carbocycles. The van der Waals surface area contributed by atoms with Crippen molar-refractivity contribution in [3.8, 4) is 5.75 Å². The number of alkyl carbamates (subject to hydrolysis) is 1. The third-order valence-corrected chi connectivity index (χ3v) is 16.2. The first-order valence-electron chi connectivity index (χ1n) is 27.5. The molecule has 0 unspecified atom stereocenters. The fourth-order valence-corrected chi connectivity index (χ4v) is 11.1. The molecule has 0 spiro atoms. The largest absolute Gasteiger partial charge is 0.495 e. The van der Waals surface area contributed by atoms with E-state index >= 15 is 0 Å². The van der Waals surface area contributed by atoms with Crippen molar-refractivity contribution in [2.75, 3.05) is 55.3 Å². The SMILES string of the molecule is C=C(CBr)C(=O)OCCCCCC(=O)N[C@H](C(=O)N[C@@H](CCCNC(N)=O)C(=O)Nc1ccc2cc3cc(c2n1)[C@@H]1[C@@H]2C[C@@](O)(NC(=O)O2)[C@H](OC)/C=C/C=C(\C)Cc2cc(OC)c(Cl)c(c2)N(C)C(=O)C[C@H](OC(=O)N3)[C@]2(C)O[C@@H]12)C(C)C. The van der Waals surface area contributed by atoms with Crippen molar-refractivity contribution >= 4 is 103 Å². The van der Waals surface area contributed by atoms with Gasteiger partial charge in [-0.1, -0.05) is 71.8 Å². The summed E-state index contributed by atoms with van der Waals surface area (Å²) < 4.78 is 35.4. The van der Waals surface area contributed by atoms with Crippen LogP contribution in [0.5, 0.6) is 5.75 Å². The van der Waals surface area contributed by atoms with Gasteiger partial charge in [-0.05, 0) is 106 Å². The fourth-order valence-electron chi connectivity index (χ4n) is 10.5. The van der Waals surface area contributed by atoms with E-state index in [1.54, 1.807) is 63.3 Å². The number of hydrogen-bond donors (Lipinski definition) is 8. The minimum absolute atomic E-state index is 0.000189. The maximum Gasteiger partial charge on any atom is 0.412 e. The second-order valence-electron chi connectivity index (χ2n) is 21.8. The number of aliphatic hydroxyl groups is 1. The Labute approximate surface area is 499 Å². The van der Waals surface area contributed by atoms with Gasteiger partial charge in [0.05, 0.1) is 37.3 Å². The van der Waals surface area contributed by atoms with E-state index in [0.29, 0.717) is 48.1 Å². The van der Waals surface area contributed by atoms with Gasteiger partial charge in [0.25, 0.3) is 0 Å². The Kier molecular flexibility index (Phi) is 21.4. The molecule has 26 heteroatoms. The van der Waals surface area contributed by atoms with E-state index in [1.165, 1.54) is 32.2 Å². The standard InChI is InChI=1S/C58H73BrClN9O15/c1-30(2)48(67-44(70)17-10-9-11-21-81-53(74)32(4)29-59)52(73)64-37(15-13-20-62-54(61)75)51(72)66-43-19-18-34-25-35-26-36(49(34)65-43)46-40-28-58(78,68-56(77)82-40)41(80-8)16-12-14-31(3)22-33-23-38(47(60)39(24-33)79-7)69(6)45(71)27-42(83-55(76)63-35)57(5)50(46)84-57/h12,14,16,18-19,23-26,30,37,40-42,46,48,50,78H,4,9-11,13,15,17,20-22,27-29H2,1-3,5-8H3,(H,63,76)(H,64,73)(H,67,70)(H,68,77)(H3,61,62,75)(H,65,66,72)/b16-12+,31-14+/t37-,40-,41+,42-,46+,48-,50-,57-,58-/m0/s1. The molecule has 3 aromatic rings. The number of methoxy groups -OCH3 is 2. The number of nitrogens with one attached hydrogen (secondary N) is 6. The first-order valence-corrected chi connectivity index (χ1v) is 29.0. The van der Waals surface area contributed by atoms with Gasteiger partial charge in [0, 0.05) is 55.5 Å². The quantitative estimate of drug-likeness (QED) is 0.0150. The predicted molar refractivity (Wildman–Crippen MR) is 315 cm³/mol. The van der Waals surface area contributed by atoms with Crippen LogP contribution < -0.4 is 47.3 Å². The topological polar surface area (TPSA) is 330 Å². The number of pyridine rings is 1. The molecule has 4 aliphatic rings. The Balaban J connectivity index is 1.22. The van der Waals surface area contributed by atoms with Gasteiger partial charge in [-0.3, -0.25) is 29.8 Å². The van der Waals surface area contributed by atoms with Crippen LogP contribution in [0.2, 0.25) is 5.02 Å². The van der Waals surface area contributed by atoms with Crippen LogP contribution >= 0.6 is 27.5 Å². The summed E-state index contributed by atoms with van der Waals surface area (Å²) in [4.78, 5) is 114. The molecular formula is C58H73BrClN9O15. The second kappa shape index (κ2) is 28.0. The lowest BCUT2D eigenvalue weighted by Crippen LogP contribution is -2.63. The molecule has 84 heavy (non-hydrogen) atoms. The number of rotatable bonds is 20. The van der Waals surface area contributed by atoms with Gasteiger partial charge in [-0.2, -0.15) is 0 Å². The highest BCUT2D eigenvalue weighted by atomic mass is 79.9. The van der Waals surface area contributed by atoms with E-state index in [2.05, 4.69) is 54.4 Å². The number of fused-ring (bicyclic) bond motifs is 10. The van der Waals surface area contributed by atoms with Crippen LogP contribution in [0, 0.1) is 5.92 Å². The van der Waals surface area contributed by atoms with Gasteiger partial charge in [0.15, 0.2) is 5.72 Å². The number of amides is 8. The van der Waals surface area contributed by atoms with Gasteiger partial charge in [0.1, 0.15) is 58.7 Å². The Hall–Kier alpha value is -7.32. The van der Waals surface area contributed by atoms with Gasteiger partial charge < -0.3 is 65.4 Å². The van der Waals surface area contributed by atoms with Crippen LogP contribution in [-0.2, 0) is 54.1 Å². The summed E-state index contributed by atoms with van der Waals surface area (Å²) in [5.74, 6) is -3.94. The van der Waals surface area contributed by atoms with E-state index in [-0.39, 0.29) is 71.8 Å². The van der Waals surface area contributed by atoms with E-state index in [1.807, 2.05) is 13.0 Å². The Bertz CT molecular complexity index is 3110. The molecular weight excluding hydrogens is 1180 g/mol. The maximum absolute atomic E-state index is 14.5. The van der Waals surface area contributed by atoms with Crippen molar-refractivity contribution in [1.82, 2.24) is 26.3 Å². The highest BCUT2D eigenvalue weighted by Gasteiger charge is 2.66. The van der Waals surface area contributed by atoms with Crippen molar-refractivity contribution in [3.63, 3.8) is 0 Å². The zero-order chi connectivity index (χ0) is 61.2. The van der Waals surface area contributed by atoms with Crippen LogP contribution in [0.4, 0.5) is 31.6 Å². The third-order valence-electron chi connectivity index (χ3n) is 15.1. The number of epoxide rings is 1. The molecule has 1 aromatic heterocycles. The molecule has 0 radical (unpaired) electrons. The molecule has 8 bridgehead atoms. The smallest absolute Gasteiger partial charge is 0.412 e. The Morgan fingerprint density at radius 1 is 1.02 bits per heavy atom. The van der Waals surface area contributed by atoms with E-state index in [9.17, 15) is 43.5 Å². The average Bonchev–Trinajstić information content (AvgIpc) is 1.62. The summed E-state index contributed by atoms with van der Waals surface area (Å²) in [5, 5.41) is 29.6. The number of urea groups is 1. The number of unbranched alkanes of at least 4 members (excludes halogenated alkanes) is 2. The van der Waals surface area contributed by atoms with E-state index in [4.69, 9.17) is 50.7 Å². The number of benzene rings is 2. The van der Waals surface area contributed by atoms with Crippen molar-refractivity contribution < 1.29 is 71.9 Å². The molecule has 2 saturated heterocycles. The van der Waals surface area contributed by atoms with Crippen molar-refractivity contribution in [3.05, 3.63) is 88.5 Å². The molecule has 7 rings (SSSR count). The number of halogens is 2. The number of hydrogen-bond acceptors (Lipinski definition) is 16. The van der Waals surface area contributed by atoms with Gasteiger partial charge in [0.2, 0.25) is 23.6 Å². The molecule has 24 nitrogen and oxygen atoms in total. The molecule has 2 aromatic carbocycles.